The summed E-state index contributed by atoms with van der Waals surface area (Å²) < 4.78 is 0. The molecule has 0 saturated heterocycles. The fourth-order valence-electron chi connectivity index (χ4n) is 1.37. The highest BCUT2D eigenvalue weighted by molar-refractivity contribution is 7.80. The maximum absolute atomic E-state index is 12.0. The van der Waals surface area contributed by atoms with E-state index >= 15 is 0 Å². The molecular weight excluding hydrogens is 244 g/mol. The summed E-state index contributed by atoms with van der Waals surface area (Å²) in [6.07, 6.45) is 0. The normalized spacial score (nSPS) is 11.1. The Morgan fingerprint density at radius 1 is 1.33 bits per heavy atom. The Morgan fingerprint density at radius 3 is 2.44 bits per heavy atom. The van der Waals surface area contributed by atoms with E-state index in [1.54, 1.807) is 0 Å². The molecule has 0 saturated carbocycles. The second-order valence-corrected chi connectivity index (χ2v) is 5.67. The molecule has 1 rings (SSSR count). The molecule has 0 atom stereocenters. The van der Waals surface area contributed by atoms with Gasteiger partial charge in [-0.2, -0.15) is 0 Å². The van der Waals surface area contributed by atoms with Crippen LogP contribution in [0.5, 0.6) is 0 Å². The van der Waals surface area contributed by atoms with Crippen LogP contribution in [0.15, 0.2) is 18.2 Å². The minimum Gasteiger partial charge on any atom is -0.393 e. The minimum absolute atomic E-state index is 0.0950. The van der Waals surface area contributed by atoms with Gasteiger partial charge in [0.1, 0.15) is 0 Å². The molecule has 0 radical (unpaired) electrons. The molecule has 4 heteroatoms. The molecule has 3 nitrogen and oxygen atoms in total. The van der Waals surface area contributed by atoms with E-state index in [2.05, 4.69) is 5.32 Å². The average molecular weight is 264 g/mol. The van der Waals surface area contributed by atoms with E-state index < -0.39 is 0 Å². The van der Waals surface area contributed by atoms with Crippen molar-refractivity contribution in [3.05, 3.63) is 34.9 Å². The van der Waals surface area contributed by atoms with Gasteiger partial charge in [-0.25, -0.2) is 0 Å². The van der Waals surface area contributed by atoms with Crippen LogP contribution in [0.2, 0.25) is 0 Å². The van der Waals surface area contributed by atoms with Crippen LogP contribution in [0.1, 0.15) is 35.3 Å². The third-order valence-corrected chi connectivity index (χ3v) is 3.68. The highest BCUT2D eigenvalue weighted by Gasteiger charge is 2.22. The van der Waals surface area contributed by atoms with E-state index in [0.717, 1.165) is 5.56 Å². The van der Waals surface area contributed by atoms with E-state index in [1.807, 2.05) is 45.9 Å². The quantitative estimate of drug-likeness (QED) is 0.821. The third-order valence-electron chi connectivity index (χ3n) is 3.13. The number of nitrogens with one attached hydrogen (secondary N) is 1. The van der Waals surface area contributed by atoms with Crippen LogP contribution in [0.25, 0.3) is 0 Å². The van der Waals surface area contributed by atoms with Crippen molar-refractivity contribution < 1.29 is 4.79 Å². The van der Waals surface area contributed by atoms with Gasteiger partial charge in [-0.1, -0.05) is 32.1 Å². The fourth-order valence-corrected chi connectivity index (χ4v) is 1.45. The van der Waals surface area contributed by atoms with Gasteiger partial charge in [0.15, 0.2) is 0 Å². The lowest BCUT2D eigenvalue weighted by Gasteiger charge is -2.23. The van der Waals surface area contributed by atoms with Gasteiger partial charge in [0.2, 0.25) is 0 Å². The molecule has 1 aromatic rings. The summed E-state index contributed by atoms with van der Waals surface area (Å²) in [5.74, 6) is -0.0950. The highest BCUT2D eigenvalue weighted by atomic mass is 32.1. The largest absolute Gasteiger partial charge is 0.393 e. The summed E-state index contributed by atoms with van der Waals surface area (Å²) >= 11 is 4.96. The first kappa shape index (κ1) is 14.6. The first-order valence-corrected chi connectivity index (χ1v) is 6.30. The fraction of sp³-hybridized carbons (Fsp3) is 0.429. The molecule has 0 aromatic heterocycles. The van der Waals surface area contributed by atoms with Crippen molar-refractivity contribution in [2.45, 2.75) is 27.7 Å². The number of thiocarbonyl (C=S) groups is 1. The Bertz CT molecular complexity index is 481. The van der Waals surface area contributed by atoms with E-state index in [0.29, 0.717) is 17.1 Å². The zero-order chi connectivity index (χ0) is 13.9. The second-order valence-electron chi connectivity index (χ2n) is 5.23. The molecule has 0 aliphatic rings. The summed E-state index contributed by atoms with van der Waals surface area (Å²) in [6, 6.07) is 5.66. The summed E-state index contributed by atoms with van der Waals surface area (Å²) in [7, 11) is 0. The standard InChI is InChI=1S/C14H20N2OS/c1-9-5-6-11(7-10(9)2)12(17)16-8-14(3,4)13(15)18/h5-7H,8H2,1-4H3,(H2,15,18)(H,16,17). The van der Waals surface area contributed by atoms with Gasteiger partial charge in [-0.05, 0) is 37.1 Å². The molecular formula is C14H20N2OS. The molecule has 0 fully saturated rings. The van der Waals surface area contributed by atoms with Crippen LogP contribution >= 0.6 is 12.2 Å². The number of hydrogen-bond acceptors (Lipinski definition) is 2. The number of carbonyl (C=O) groups is 1. The van der Waals surface area contributed by atoms with Gasteiger partial charge in [0.05, 0.1) is 4.99 Å². The molecule has 3 N–H and O–H groups in total. The first-order chi connectivity index (χ1) is 8.24. The predicted molar refractivity (Wildman–Crippen MR) is 78.8 cm³/mol. The number of rotatable bonds is 4. The predicted octanol–water partition coefficient (Wildman–Crippen LogP) is 2.35. The molecule has 0 aliphatic carbocycles. The number of nitrogens with two attached hydrogens (primary N) is 1. The lowest BCUT2D eigenvalue weighted by atomic mass is 9.93. The average Bonchev–Trinajstić information content (AvgIpc) is 2.29. The highest BCUT2D eigenvalue weighted by Crippen LogP contribution is 2.14. The van der Waals surface area contributed by atoms with Gasteiger partial charge < -0.3 is 11.1 Å². The maximum atomic E-state index is 12.0. The van der Waals surface area contributed by atoms with Crippen molar-refractivity contribution in [2.24, 2.45) is 11.1 Å². The molecule has 0 spiro atoms. The molecule has 0 bridgehead atoms. The van der Waals surface area contributed by atoms with E-state index in [1.165, 1.54) is 5.56 Å². The molecule has 1 aromatic carbocycles. The zero-order valence-corrected chi connectivity index (χ0v) is 12.1. The van der Waals surface area contributed by atoms with Crippen molar-refractivity contribution in [3.8, 4) is 0 Å². The molecule has 0 heterocycles. The Labute approximate surface area is 114 Å². The zero-order valence-electron chi connectivity index (χ0n) is 11.3. The van der Waals surface area contributed by atoms with E-state index in [9.17, 15) is 4.79 Å². The monoisotopic (exact) mass is 264 g/mol. The molecule has 0 unspecified atom stereocenters. The summed E-state index contributed by atoms with van der Waals surface area (Å²) in [4.78, 5) is 12.4. The number of hydrogen-bond donors (Lipinski definition) is 2. The lowest BCUT2D eigenvalue weighted by Crippen LogP contribution is -2.41. The van der Waals surface area contributed by atoms with E-state index in [4.69, 9.17) is 18.0 Å². The molecule has 98 valence electrons. The second kappa shape index (κ2) is 5.48. The van der Waals surface area contributed by atoms with Crippen LogP contribution in [-0.2, 0) is 0 Å². The topological polar surface area (TPSA) is 55.1 Å². The maximum Gasteiger partial charge on any atom is 0.251 e. The number of amides is 1. The number of carbonyl (C=O) groups excluding carboxylic acids is 1. The van der Waals surface area contributed by atoms with Crippen LogP contribution in [0.4, 0.5) is 0 Å². The molecule has 1 amide bonds. The van der Waals surface area contributed by atoms with Crippen LogP contribution < -0.4 is 11.1 Å². The Balaban J connectivity index is 2.72. The van der Waals surface area contributed by atoms with Gasteiger partial charge in [-0.3, -0.25) is 4.79 Å². The number of benzene rings is 1. The van der Waals surface area contributed by atoms with Crippen LogP contribution in [-0.4, -0.2) is 17.4 Å². The summed E-state index contributed by atoms with van der Waals surface area (Å²) in [5.41, 5.74) is 8.20. The smallest absolute Gasteiger partial charge is 0.251 e. The number of aryl methyl sites for hydroxylation is 2. The van der Waals surface area contributed by atoms with Crippen molar-refractivity contribution in [1.82, 2.24) is 5.32 Å². The summed E-state index contributed by atoms with van der Waals surface area (Å²) in [5, 5.41) is 2.86. The minimum atomic E-state index is -0.370. The molecule has 0 aliphatic heterocycles. The Morgan fingerprint density at radius 2 is 1.94 bits per heavy atom. The van der Waals surface area contributed by atoms with Crippen molar-refractivity contribution in [3.63, 3.8) is 0 Å². The van der Waals surface area contributed by atoms with Gasteiger partial charge >= 0.3 is 0 Å². The van der Waals surface area contributed by atoms with Crippen LogP contribution in [0.3, 0.4) is 0 Å². The SMILES string of the molecule is Cc1ccc(C(=O)NCC(C)(C)C(N)=S)cc1C. The van der Waals surface area contributed by atoms with E-state index in [-0.39, 0.29) is 11.3 Å². The van der Waals surface area contributed by atoms with Gasteiger partial charge in [0.25, 0.3) is 5.91 Å². The Kier molecular flexibility index (Phi) is 4.46. The first-order valence-electron chi connectivity index (χ1n) is 5.89. The van der Waals surface area contributed by atoms with Crippen molar-refractivity contribution in [1.29, 1.82) is 0 Å². The van der Waals surface area contributed by atoms with Crippen LogP contribution in [0, 0.1) is 19.3 Å². The van der Waals surface area contributed by atoms with Gasteiger partial charge in [0, 0.05) is 17.5 Å². The van der Waals surface area contributed by atoms with Gasteiger partial charge in [-0.15, -0.1) is 0 Å². The Hall–Kier alpha value is -1.42. The van der Waals surface area contributed by atoms with Crippen molar-refractivity contribution in [2.75, 3.05) is 6.54 Å². The third kappa shape index (κ3) is 3.53. The summed E-state index contributed by atoms with van der Waals surface area (Å²) in [6.45, 7) is 8.28. The molecule has 18 heavy (non-hydrogen) atoms. The van der Waals surface area contributed by atoms with Crippen molar-refractivity contribution >= 4 is 23.1 Å². The lowest BCUT2D eigenvalue weighted by molar-refractivity contribution is 0.0945.